The van der Waals surface area contributed by atoms with Gasteiger partial charge in [-0.25, -0.2) is 0 Å². The van der Waals surface area contributed by atoms with E-state index in [2.05, 4.69) is 26.1 Å². The fraction of sp³-hybridized carbons (Fsp3) is 0.429. The van der Waals surface area contributed by atoms with E-state index < -0.39 is 0 Å². The van der Waals surface area contributed by atoms with Gasteiger partial charge in [-0.15, -0.1) is 11.3 Å². The number of carbonyl (C=O) groups excluding carboxylic acids is 2. The third-order valence-electron chi connectivity index (χ3n) is 4.37. The SMILES string of the molecule is CCCc1sc(C(=O)N(C)CC(=O)Nc2ccccc2CC)cc1CC. The van der Waals surface area contributed by atoms with Crippen molar-refractivity contribution in [1.82, 2.24) is 4.90 Å². The molecule has 0 aliphatic rings. The average molecular weight is 373 g/mol. The van der Waals surface area contributed by atoms with E-state index in [4.69, 9.17) is 0 Å². The second-order valence-corrected chi connectivity index (χ2v) is 7.52. The number of nitrogens with zero attached hydrogens (tertiary/aromatic N) is 1. The number of nitrogens with one attached hydrogen (secondary N) is 1. The molecule has 2 rings (SSSR count). The number of rotatable bonds is 8. The van der Waals surface area contributed by atoms with Crippen molar-refractivity contribution in [2.24, 2.45) is 0 Å². The van der Waals surface area contributed by atoms with Crippen LogP contribution in [0.3, 0.4) is 0 Å². The van der Waals surface area contributed by atoms with E-state index in [1.807, 2.05) is 30.3 Å². The van der Waals surface area contributed by atoms with E-state index >= 15 is 0 Å². The molecular formula is C21H28N2O2S. The van der Waals surface area contributed by atoms with Crippen LogP contribution in [0.4, 0.5) is 5.69 Å². The summed E-state index contributed by atoms with van der Waals surface area (Å²) in [6.07, 6.45) is 3.84. The van der Waals surface area contributed by atoms with Gasteiger partial charge in [-0.05, 0) is 42.5 Å². The Morgan fingerprint density at radius 2 is 1.77 bits per heavy atom. The van der Waals surface area contributed by atoms with Crippen LogP contribution in [-0.2, 0) is 24.1 Å². The van der Waals surface area contributed by atoms with Crippen molar-refractivity contribution < 1.29 is 9.59 Å². The summed E-state index contributed by atoms with van der Waals surface area (Å²) in [7, 11) is 1.68. The lowest BCUT2D eigenvalue weighted by atomic mass is 10.1. The number of anilines is 1. The summed E-state index contributed by atoms with van der Waals surface area (Å²) in [5.74, 6) is -0.270. The van der Waals surface area contributed by atoms with Gasteiger partial charge in [0.25, 0.3) is 5.91 Å². The van der Waals surface area contributed by atoms with Gasteiger partial charge in [0.2, 0.25) is 5.91 Å². The topological polar surface area (TPSA) is 49.4 Å². The van der Waals surface area contributed by atoms with Crippen LogP contribution in [0, 0.1) is 0 Å². The summed E-state index contributed by atoms with van der Waals surface area (Å²) < 4.78 is 0. The molecule has 140 valence electrons. The second-order valence-electron chi connectivity index (χ2n) is 6.38. The lowest BCUT2D eigenvalue weighted by molar-refractivity contribution is -0.116. The molecule has 4 nitrogen and oxygen atoms in total. The van der Waals surface area contributed by atoms with E-state index in [0.29, 0.717) is 0 Å². The predicted molar refractivity (Wildman–Crippen MR) is 109 cm³/mol. The maximum Gasteiger partial charge on any atom is 0.264 e. The first-order valence-corrected chi connectivity index (χ1v) is 10.1. The zero-order valence-corrected chi connectivity index (χ0v) is 16.9. The number of carbonyl (C=O) groups is 2. The fourth-order valence-electron chi connectivity index (χ4n) is 2.93. The molecule has 0 aliphatic heterocycles. The van der Waals surface area contributed by atoms with Gasteiger partial charge in [0.15, 0.2) is 0 Å². The van der Waals surface area contributed by atoms with E-state index in [0.717, 1.165) is 41.8 Å². The number of likely N-dealkylation sites (N-methyl/N-ethyl adjacent to an activating group) is 1. The van der Waals surface area contributed by atoms with Crippen LogP contribution in [0.1, 0.15) is 52.9 Å². The molecule has 0 atom stereocenters. The molecular weight excluding hydrogens is 344 g/mol. The largest absolute Gasteiger partial charge is 0.332 e. The van der Waals surface area contributed by atoms with E-state index in [1.165, 1.54) is 15.3 Å². The van der Waals surface area contributed by atoms with Crippen LogP contribution in [0.5, 0.6) is 0 Å². The highest BCUT2D eigenvalue weighted by molar-refractivity contribution is 7.14. The minimum absolute atomic E-state index is 0.0410. The summed E-state index contributed by atoms with van der Waals surface area (Å²) in [5.41, 5.74) is 3.15. The molecule has 2 aromatic rings. The van der Waals surface area contributed by atoms with Crippen LogP contribution in [0.25, 0.3) is 0 Å². The molecule has 1 heterocycles. The number of thiophene rings is 1. The minimum Gasteiger partial charge on any atom is -0.332 e. The van der Waals surface area contributed by atoms with Crippen LogP contribution >= 0.6 is 11.3 Å². The van der Waals surface area contributed by atoms with Gasteiger partial charge in [0, 0.05) is 17.6 Å². The van der Waals surface area contributed by atoms with Crippen molar-refractivity contribution >= 4 is 28.8 Å². The first-order valence-electron chi connectivity index (χ1n) is 9.24. The average Bonchev–Trinajstić information content (AvgIpc) is 3.04. The number of para-hydroxylation sites is 1. The van der Waals surface area contributed by atoms with E-state index in [1.54, 1.807) is 18.4 Å². The van der Waals surface area contributed by atoms with Gasteiger partial charge in [0.05, 0.1) is 11.4 Å². The summed E-state index contributed by atoms with van der Waals surface area (Å²) in [6, 6.07) is 9.73. The van der Waals surface area contributed by atoms with Crippen molar-refractivity contribution in [2.45, 2.75) is 46.5 Å². The first kappa shape index (κ1) is 20.2. The van der Waals surface area contributed by atoms with Crippen molar-refractivity contribution in [3.05, 3.63) is 51.2 Å². The van der Waals surface area contributed by atoms with Crippen LogP contribution in [-0.4, -0.2) is 30.3 Å². The fourth-order valence-corrected chi connectivity index (χ4v) is 4.28. The van der Waals surface area contributed by atoms with E-state index in [-0.39, 0.29) is 18.4 Å². The minimum atomic E-state index is -0.178. The lowest BCUT2D eigenvalue weighted by Gasteiger charge is -2.17. The Hall–Kier alpha value is -2.14. The number of aryl methyl sites for hydroxylation is 3. The molecule has 0 fully saturated rings. The highest BCUT2D eigenvalue weighted by Gasteiger charge is 2.19. The Morgan fingerprint density at radius 3 is 2.42 bits per heavy atom. The van der Waals surface area contributed by atoms with Crippen molar-refractivity contribution in [1.29, 1.82) is 0 Å². The number of amides is 2. The second kappa shape index (κ2) is 9.53. The smallest absolute Gasteiger partial charge is 0.264 e. The molecule has 2 amide bonds. The maximum absolute atomic E-state index is 12.7. The maximum atomic E-state index is 12.7. The zero-order valence-electron chi connectivity index (χ0n) is 16.1. The Morgan fingerprint density at radius 1 is 1.08 bits per heavy atom. The number of benzene rings is 1. The third-order valence-corrected chi connectivity index (χ3v) is 5.59. The molecule has 1 aromatic carbocycles. The number of hydrogen-bond donors (Lipinski definition) is 1. The van der Waals surface area contributed by atoms with Gasteiger partial charge in [-0.3, -0.25) is 9.59 Å². The molecule has 0 aliphatic carbocycles. The Bertz CT molecular complexity index is 767. The summed E-state index contributed by atoms with van der Waals surface area (Å²) in [4.78, 5) is 28.5. The standard InChI is InChI=1S/C21H28N2O2S/c1-5-10-18-16(7-3)13-19(26-18)21(25)23(4)14-20(24)22-17-12-9-8-11-15(17)6-2/h8-9,11-13H,5-7,10,14H2,1-4H3,(H,22,24). The first-order chi connectivity index (χ1) is 12.5. The molecule has 26 heavy (non-hydrogen) atoms. The van der Waals surface area contributed by atoms with Crippen LogP contribution in [0.2, 0.25) is 0 Å². The van der Waals surface area contributed by atoms with Crippen LogP contribution in [0.15, 0.2) is 30.3 Å². The van der Waals surface area contributed by atoms with Gasteiger partial charge in [0.1, 0.15) is 0 Å². The zero-order chi connectivity index (χ0) is 19.1. The molecule has 0 saturated heterocycles. The van der Waals surface area contributed by atoms with Crippen molar-refractivity contribution in [3.8, 4) is 0 Å². The molecule has 5 heteroatoms. The quantitative estimate of drug-likeness (QED) is 0.740. The lowest BCUT2D eigenvalue weighted by Crippen LogP contribution is -2.34. The van der Waals surface area contributed by atoms with Crippen LogP contribution < -0.4 is 5.32 Å². The summed E-state index contributed by atoms with van der Waals surface area (Å²) >= 11 is 1.56. The van der Waals surface area contributed by atoms with Crippen molar-refractivity contribution in [3.63, 3.8) is 0 Å². The third kappa shape index (κ3) is 4.94. The molecule has 0 unspecified atom stereocenters. The highest BCUT2D eigenvalue weighted by Crippen LogP contribution is 2.25. The molecule has 0 bridgehead atoms. The molecule has 0 saturated carbocycles. The molecule has 0 radical (unpaired) electrons. The predicted octanol–water partition coefficient (Wildman–Crippen LogP) is 4.54. The van der Waals surface area contributed by atoms with Gasteiger partial charge in [-0.2, -0.15) is 0 Å². The summed E-state index contributed by atoms with van der Waals surface area (Å²) in [6.45, 7) is 6.35. The van der Waals surface area contributed by atoms with Crippen molar-refractivity contribution in [2.75, 3.05) is 18.9 Å². The normalized spacial score (nSPS) is 10.6. The summed E-state index contributed by atoms with van der Waals surface area (Å²) in [5, 5.41) is 2.92. The highest BCUT2D eigenvalue weighted by atomic mass is 32.1. The Kier molecular flexibility index (Phi) is 7.39. The van der Waals surface area contributed by atoms with E-state index in [9.17, 15) is 9.59 Å². The molecule has 1 aromatic heterocycles. The van der Waals surface area contributed by atoms with Gasteiger partial charge >= 0.3 is 0 Å². The van der Waals surface area contributed by atoms with Gasteiger partial charge < -0.3 is 10.2 Å². The molecule has 1 N–H and O–H groups in total. The number of hydrogen-bond acceptors (Lipinski definition) is 3. The Balaban J connectivity index is 2.03. The Labute approximate surface area is 160 Å². The molecule has 0 spiro atoms. The van der Waals surface area contributed by atoms with Gasteiger partial charge in [-0.1, -0.05) is 45.4 Å². The monoisotopic (exact) mass is 372 g/mol.